The lowest BCUT2D eigenvalue weighted by atomic mass is 10.2. The Morgan fingerprint density at radius 2 is 2.00 bits per heavy atom. The van der Waals surface area contributed by atoms with Gasteiger partial charge in [0.2, 0.25) is 0 Å². The summed E-state index contributed by atoms with van der Waals surface area (Å²) in [4.78, 5) is 5.02. The van der Waals surface area contributed by atoms with Crippen molar-refractivity contribution in [1.29, 1.82) is 0 Å². The van der Waals surface area contributed by atoms with Gasteiger partial charge in [-0.05, 0) is 14.0 Å². The van der Waals surface area contributed by atoms with Gasteiger partial charge in [0.15, 0.2) is 0 Å². The van der Waals surface area contributed by atoms with Crippen molar-refractivity contribution in [3.05, 3.63) is 23.5 Å². The van der Waals surface area contributed by atoms with Crippen molar-refractivity contribution in [3.8, 4) is 0 Å². The van der Waals surface area contributed by atoms with E-state index >= 15 is 0 Å². The van der Waals surface area contributed by atoms with Crippen LogP contribution < -0.4 is 0 Å². The summed E-state index contributed by atoms with van der Waals surface area (Å²) in [5, 5.41) is 0. The standard InChI is InChI=1S/C11H19N2P/c1-10-3-4-11(14-9-10)13-7-5-12(2)6-8-13/h3-4,9,11,14H,5-8H2,1-2H3. The first kappa shape index (κ1) is 10.4. The maximum atomic E-state index is 2.61. The Bertz CT molecular complexity index is 252. The number of rotatable bonds is 1. The van der Waals surface area contributed by atoms with E-state index < -0.39 is 0 Å². The Kier molecular flexibility index (Phi) is 3.38. The first-order chi connectivity index (χ1) is 6.75. The van der Waals surface area contributed by atoms with Crippen molar-refractivity contribution in [1.82, 2.24) is 9.80 Å². The van der Waals surface area contributed by atoms with E-state index in [-0.39, 0.29) is 0 Å². The van der Waals surface area contributed by atoms with Crippen LogP contribution in [-0.4, -0.2) is 48.8 Å². The van der Waals surface area contributed by atoms with Crippen LogP contribution in [-0.2, 0) is 0 Å². The normalized spacial score (nSPS) is 32.1. The fourth-order valence-corrected chi connectivity index (χ4v) is 3.10. The predicted octanol–water partition coefficient (Wildman–Crippen LogP) is 1.71. The predicted molar refractivity (Wildman–Crippen MR) is 64.1 cm³/mol. The van der Waals surface area contributed by atoms with Gasteiger partial charge >= 0.3 is 0 Å². The third-order valence-electron chi connectivity index (χ3n) is 2.95. The molecule has 2 atom stereocenters. The second-order valence-electron chi connectivity index (χ2n) is 4.20. The number of piperazine rings is 1. The van der Waals surface area contributed by atoms with E-state index in [2.05, 4.69) is 41.7 Å². The minimum absolute atomic E-state index is 0.687. The summed E-state index contributed by atoms with van der Waals surface area (Å²) in [5.74, 6) is 3.07. The number of hydrogen-bond acceptors (Lipinski definition) is 2. The lowest BCUT2D eigenvalue weighted by molar-refractivity contribution is 0.156. The van der Waals surface area contributed by atoms with Crippen LogP contribution in [0.5, 0.6) is 0 Å². The zero-order chi connectivity index (χ0) is 9.97. The molecule has 2 rings (SSSR count). The van der Waals surface area contributed by atoms with Gasteiger partial charge in [-0.1, -0.05) is 32.1 Å². The molecule has 1 fully saturated rings. The van der Waals surface area contributed by atoms with Crippen LogP contribution in [0, 0.1) is 0 Å². The second kappa shape index (κ2) is 4.57. The number of hydrogen-bond donors (Lipinski definition) is 0. The Hall–Kier alpha value is -0.170. The Morgan fingerprint density at radius 3 is 2.57 bits per heavy atom. The molecule has 0 N–H and O–H groups in total. The van der Waals surface area contributed by atoms with Crippen molar-refractivity contribution >= 4 is 8.58 Å². The van der Waals surface area contributed by atoms with Gasteiger partial charge in [0.05, 0.1) is 0 Å². The summed E-state index contributed by atoms with van der Waals surface area (Å²) in [7, 11) is 3.16. The Balaban J connectivity index is 1.88. The molecule has 78 valence electrons. The molecule has 2 aliphatic rings. The van der Waals surface area contributed by atoms with Crippen LogP contribution in [0.4, 0.5) is 0 Å². The monoisotopic (exact) mass is 210 g/mol. The minimum atomic E-state index is 0.687. The van der Waals surface area contributed by atoms with Gasteiger partial charge in [-0.25, -0.2) is 0 Å². The minimum Gasteiger partial charge on any atom is -0.304 e. The molecule has 0 aromatic carbocycles. The highest BCUT2D eigenvalue weighted by Gasteiger charge is 2.20. The highest BCUT2D eigenvalue weighted by atomic mass is 31.1. The van der Waals surface area contributed by atoms with E-state index in [0.717, 1.165) is 8.58 Å². The molecule has 14 heavy (non-hydrogen) atoms. The van der Waals surface area contributed by atoms with Crippen molar-refractivity contribution in [2.45, 2.75) is 12.7 Å². The summed E-state index contributed by atoms with van der Waals surface area (Å²) < 4.78 is 0. The van der Waals surface area contributed by atoms with Crippen LogP contribution in [0.1, 0.15) is 6.92 Å². The summed E-state index contributed by atoms with van der Waals surface area (Å²) in [6.07, 6.45) is 4.64. The van der Waals surface area contributed by atoms with Gasteiger partial charge in [0.1, 0.15) is 0 Å². The van der Waals surface area contributed by atoms with E-state index in [1.165, 1.54) is 31.8 Å². The summed E-state index contributed by atoms with van der Waals surface area (Å²) in [6, 6.07) is 0. The van der Waals surface area contributed by atoms with E-state index in [1.807, 2.05) is 0 Å². The quantitative estimate of drug-likeness (QED) is 0.608. The van der Waals surface area contributed by atoms with Crippen molar-refractivity contribution in [2.24, 2.45) is 0 Å². The van der Waals surface area contributed by atoms with Crippen molar-refractivity contribution in [3.63, 3.8) is 0 Å². The molecule has 0 aromatic heterocycles. The zero-order valence-electron chi connectivity index (χ0n) is 9.03. The molecule has 2 unspecified atom stereocenters. The largest absolute Gasteiger partial charge is 0.304 e. The maximum absolute atomic E-state index is 2.61. The van der Waals surface area contributed by atoms with Crippen molar-refractivity contribution in [2.75, 3.05) is 33.2 Å². The van der Waals surface area contributed by atoms with Gasteiger partial charge in [0, 0.05) is 32.0 Å². The van der Waals surface area contributed by atoms with E-state index in [4.69, 9.17) is 0 Å². The van der Waals surface area contributed by atoms with E-state index in [9.17, 15) is 0 Å². The first-order valence-corrected chi connectivity index (χ1v) is 6.45. The van der Waals surface area contributed by atoms with Gasteiger partial charge < -0.3 is 4.90 Å². The molecule has 1 saturated heterocycles. The molecule has 0 bridgehead atoms. The molecule has 0 radical (unpaired) electrons. The number of likely N-dealkylation sites (N-methyl/N-ethyl adjacent to an activating group) is 1. The highest BCUT2D eigenvalue weighted by Crippen LogP contribution is 2.31. The van der Waals surface area contributed by atoms with E-state index in [1.54, 1.807) is 0 Å². The average Bonchev–Trinajstić information content (AvgIpc) is 2.21. The van der Waals surface area contributed by atoms with Crippen molar-refractivity contribution < 1.29 is 0 Å². The fourth-order valence-electron chi connectivity index (χ4n) is 1.89. The third-order valence-corrected chi connectivity index (χ3v) is 4.48. The van der Waals surface area contributed by atoms with Crippen LogP contribution >= 0.6 is 8.58 Å². The smallest absolute Gasteiger partial charge is 0.0488 e. The van der Waals surface area contributed by atoms with Crippen LogP contribution in [0.3, 0.4) is 0 Å². The molecule has 0 saturated carbocycles. The van der Waals surface area contributed by atoms with Gasteiger partial charge in [0.25, 0.3) is 0 Å². The zero-order valence-corrected chi connectivity index (χ0v) is 10.0. The van der Waals surface area contributed by atoms with Crippen LogP contribution in [0.2, 0.25) is 0 Å². The first-order valence-electron chi connectivity index (χ1n) is 5.29. The van der Waals surface area contributed by atoms with Crippen LogP contribution in [0.25, 0.3) is 0 Å². The molecular formula is C11H19N2P. The molecule has 2 aliphatic heterocycles. The van der Waals surface area contributed by atoms with Gasteiger partial charge in [-0.3, -0.25) is 4.90 Å². The molecule has 0 aromatic rings. The molecule has 2 nitrogen and oxygen atoms in total. The highest BCUT2D eigenvalue weighted by molar-refractivity contribution is 7.42. The summed E-state index contributed by atoms with van der Waals surface area (Å²) >= 11 is 0. The molecule has 3 heteroatoms. The fraction of sp³-hybridized carbons (Fsp3) is 0.636. The second-order valence-corrected chi connectivity index (χ2v) is 5.41. The van der Waals surface area contributed by atoms with E-state index in [0.29, 0.717) is 5.78 Å². The number of nitrogens with zero attached hydrogens (tertiary/aromatic N) is 2. The van der Waals surface area contributed by atoms with Gasteiger partial charge in [-0.15, -0.1) is 0 Å². The molecule has 0 amide bonds. The average molecular weight is 210 g/mol. The Morgan fingerprint density at radius 1 is 1.29 bits per heavy atom. The van der Waals surface area contributed by atoms with Crippen LogP contribution in [0.15, 0.2) is 23.5 Å². The lowest BCUT2D eigenvalue weighted by Gasteiger charge is -2.37. The Labute approximate surface area is 88.4 Å². The summed E-state index contributed by atoms with van der Waals surface area (Å²) in [6.45, 7) is 7.08. The lowest BCUT2D eigenvalue weighted by Crippen LogP contribution is -2.47. The molecule has 0 spiro atoms. The topological polar surface area (TPSA) is 6.48 Å². The maximum Gasteiger partial charge on any atom is 0.0488 e. The van der Waals surface area contributed by atoms with Gasteiger partial charge in [-0.2, -0.15) is 0 Å². The SMILES string of the molecule is CC1=CPC(N2CCN(C)CC2)C=C1. The molecule has 2 heterocycles. The molecule has 0 aliphatic carbocycles. The number of allylic oxidation sites excluding steroid dienone is 2. The third kappa shape index (κ3) is 2.44. The molecular weight excluding hydrogens is 191 g/mol. The summed E-state index contributed by atoms with van der Waals surface area (Å²) in [5.41, 5.74) is 1.42.